The number of pyridine rings is 1. The molecule has 0 unspecified atom stereocenters. The van der Waals surface area contributed by atoms with E-state index in [2.05, 4.69) is 15.3 Å². The predicted molar refractivity (Wildman–Crippen MR) is 128 cm³/mol. The molecule has 0 radical (unpaired) electrons. The van der Waals surface area contributed by atoms with Gasteiger partial charge in [0, 0.05) is 30.1 Å². The van der Waals surface area contributed by atoms with Gasteiger partial charge in [0.25, 0.3) is 0 Å². The zero-order chi connectivity index (χ0) is 23.6. The molecule has 4 aromatic rings. The van der Waals surface area contributed by atoms with E-state index in [9.17, 15) is 4.79 Å². The maximum Gasteiger partial charge on any atom is 0.511 e. The van der Waals surface area contributed by atoms with Crippen LogP contribution in [0.2, 0.25) is 0 Å². The number of nitrogens with zero attached hydrogens (tertiary/aromatic N) is 4. The summed E-state index contributed by atoms with van der Waals surface area (Å²) in [6.45, 7) is 1.43. The minimum Gasteiger partial charge on any atom is -0.493 e. The third-order valence-electron chi connectivity index (χ3n) is 5.27. The first-order valence-corrected chi connectivity index (χ1v) is 11.2. The van der Waals surface area contributed by atoms with E-state index in [1.165, 1.54) is 0 Å². The predicted octanol–water partition coefficient (Wildman–Crippen LogP) is 5.70. The Morgan fingerprint density at radius 2 is 1.79 bits per heavy atom. The van der Waals surface area contributed by atoms with Crippen LogP contribution in [0.25, 0.3) is 22.4 Å². The van der Waals surface area contributed by atoms with Crippen LogP contribution >= 0.6 is 0 Å². The molecule has 0 amide bonds. The highest BCUT2D eigenvalue weighted by Crippen LogP contribution is 2.32. The summed E-state index contributed by atoms with van der Waals surface area (Å²) < 4.78 is 12.7. The zero-order valence-electron chi connectivity index (χ0n) is 18.7. The van der Waals surface area contributed by atoms with Gasteiger partial charge in [-0.1, -0.05) is 42.0 Å². The molecule has 0 spiro atoms. The minimum atomic E-state index is -1.33. The molecule has 0 fully saturated rings. The number of unbranched alkanes of at least 4 members (excludes halogenated alkanes) is 3. The van der Waals surface area contributed by atoms with Crippen molar-refractivity contribution in [1.29, 1.82) is 0 Å². The summed E-state index contributed by atoms with van der Waals surface area (Å²) >= 11 is 0. The van der Waals surface area contributed by atoms with Crippen molar-refractivity contribution in [3.05, 3.63) is 79.3 Å². The molecule has 0 saturated heterocycles. The van der Waals surface area contributed by atoms with Crippen molar-refractivity contribution in [2.75, 3.05) is 6.61 Å². The number of aryl methyl sites for hydroxylation is 1. The average Bonchev–Trinajstić information content (AvgIpc) is 3.33. The lowest BCUT2D eigenvalue weighted by Gasteiger charge is -2.12. The van der Waals surface area contributed by atoms with Crippen molar-refractivity contribution < 1.29 is 19.4 Å². The highest BCUT2D eigenvalue weighted by Gasteiger charge is 2.09. The average molecular weight is 459 g/mol. The van der Waals surface area contributed by atoms with E-state index < -0.39 is 6.16 Å². The number of hydrogen-bond donors (Lipinski definition) is 1. The summed E-state index contributed by atoms with van der Waals surface area (Å²) in [7, 11) is 0. The molecule has 8 heteroatoms. The molecule has 0 atom stereocenters. The van der Waals surface area contributed by atoms with Crippen molar-refractivity contribution in [2.24, 2.45) is 0 Å². The van der Waals surface area contributed by atoms with Crippen molar-refractivity contribution in [3.8, 4) is 33.9 Å². The molecule has 0 aliphatic carbocycles. The summed E-state index contributed by atoms with van der Waals surface area (Å²) in [5, 5.41) is 17.3. The highest BCUT2D eigenvalue weighted by atomic mass is 16.7. The van der Waals surface area contributed by atoms with E-state index in [0.29, 0.717) is 6.61 Å². The first-order valence-electron chi connectivity index (χ1n) is 11.2. The summed E-state index contributed by atoms with van der Waals surface area (Å²) in [5.74, 6) is 1.04. The largest absolute Gasteiger partial charge is 0.511 e. The summed E-state index contributed by atoms with van der Waals surface area (Å²) in [6, 6.07) is 18.6. The molecule has 0 bridgehead atoms. The van der Waals surface area contributed by atoms with E-state index in [-0.39, 0.29) is 5.75 Å². The molecule has 2 heterocycles. The van der Waals surface area contributed by atoms with Crippen LogP contribution in [0.15, 0.2) is 79.3 Å². The van der Waals surface area contributed by atoms with Crippen LogP contribution in [0, 0.1) is 0 Å². The molecule has 0 aliphatic rings. The highest BCUT2D eigenvalue weighted by molar-refractivity contribution is 5.72. The van der Waals surface area contributed by atoms with Gasteiger partial charge in [0.15, 0.2) is 0 Å². The molecule has 0 saturated carbocycles. The number of benzene rings is 2. The summed E-state index contributed by atoms with van der Waals surface area (Å²) in [6.07, 6.45) is 8.22. The Morgan fingerprint density at radius 3 is 2.65 bits per heavy atom. The number of ether oxygens (including phenoxy) is 2. The smallest absolute Gasteiger partial charge is 0.493 e. The van der Waals surface area contributed by atoms with E-state index in [1.54, 1.807) is 30.6 Å². The van der Waals surface area contributed by atoms with Crippen LogP contribution in [0.5, 0.6) is 11.5 Å². The van der Waals surface area contributed by atoms with Gasteiger partial charge in [-0.25, -0.2) is 4.79 Å². The van der Waals surface area contributed by atoms with E-state index >= 15 is 0 Å². The van der Waals surface area contributed by atoms with Crippen molar-refractivity contribution in [1.82, 2.24) is 20.0 Å². The van der Waals surface area contributed by atoms with Gasteiger partial charge in [0.1, 0.15) is 17.2 Å². The van der Waals surface area contributed by atoms with Crippen molar-refractivity contribution in [2.45, 2.75) is 32.2 Å². The van der Waals surface area contributed by atoms with Gasteiger partial charge in [-0.2, -0.15) is 0 Å². The van der Waals surface area contributed by atoms with Crippen LogP contribution in [-0.2, 0) is 6.54 Å². The molecule has 8 nitrogen and oxygen atoms in total. The number of aromatic nitrogens is 4. The van der Waals surface area contributed by atoms with Gasteiger partial charge in [-0.15, -0.1) is 5.10 Å². The summed E-state index contributed by atoms with van der Waals surface area (Å²) in [5.41, 5.74) is 3.54. The Kier molecular flexibility index (Phi) is 7.84. The lowest BCUT2D eigenvalue weighted by molar-refractivity contribution is 0.144. The Balaban J connectivity index is 1.21. The van der Waals surface area contributed by atoms with Crippen LogP contribution in [0.1, 0.15) is 25.7 Å². The molecule has 0 aliphatic heterocycles. The van der Waals surface area contributed by atoms with Gasteiger partial charge >= 0.3 is 6.16 Å². The monoisotopic (exact) mass is 458 g/mol. The Morgan fingerprint density at radius 1 is 0.941 bits per heavy atom. The fourth-order valence-electron chi connectivity index (χ4n) is 3.62. The molecular weight excluding hydrogens is 432 g/mol. The standard InChI is InChI=1S/C26H26N4O4/c31-26(32)34-22-11-7-9-20(17-22)23-12-3-4-13-25(23)33-16-6-2-1-5-15-30-19-24(28-29-30)21-10-8-14-27-18-21/h3-4,7-14,17-19H,1-2,5-6,15-16H2,(H,31,32). The molecule has 174 valence electrons. The summed E-state index contributed by atoms with van der Waals surface area (Å²) in [4.78, 5) is 14.9. The maximum atomic E-state index is 10.8. The first-order chi connectivity index (χ1) is 16.7. The second kappa shape index (κ2) is 11.6. The van der Waals surface area contributed by atoms with Crippen molar-refractivity contribution in [3.63, 3.8) is 0 Å². The maximum absolute atomic E-state index is 10.8. The van der Waals surface area contributed by atoms with Gasteiger partial charge in [0.2, 0.25) is 0 Å². The fraction of sp³-hybridized carbons (Fsp3) is 0.231. The van der Waals surface area contributed by atoms with Gasteiger partial charge in [0.05, 0.1) is 12.8 Å². The number of carboxylic acid groups (broad SMARTS) is 1. The Bertz CT molecular complexity index is 1210. The molecule has 4 rings (SSSR count). The second-order valence-corrected chi connectivity index (χ2v) is 7.76. The van der Waals surface area contributed by atoms with Crippen LogP contribution in [0.4, 0.5) is 4.79 Å². The number of hydrogen-bond acceptors (Lipinski definition) is 6. The first kappa shape index (κ1) is 23.0. The second-order valence-electron chi connectivity index (χ2n) is 7.76. The third-order valence-corrected chi connectivity index (χ3v) is 5.27. The van der Waals surface area contributed by atoms with Gasteiger partial charge < -0.3 is 14.6 Å². The quantitative estimate of drug-likeness (QED) is 0.175. The SMILES string of the molecule is O=C(O)Oc1cccc(-c2ccccc2OCCCCCCn2cc(-c3cccnc3)nn2)c1. The van der Waals surface area contributed by atoms with Crippen LogP contribution in [0.3, 0.4) is 0 Å². The van der Waals surface area contributed by atoms with Crippen LogP contribution < -0.4 is 9.47 Å². The van der Waals surface area contributed by atoms with E-state index in [1.807, 2.05) is 53.3 Å². The normalized spacial score (nSPS) is 10.7. The minimum absolute atomic E-state index is 0.278. The lowest BCUT2D eigenvalue weighted by Crippen LogP contribution is -2.03. The number of carbonyl (C=O) groups is 1. The zero-order valence-corrected chi connectivity index (χ0v) is 18.7. The molecule has 2 aromatic heterocycles. The third kappa shape index (κ3) is 6.41. The molecular formula is C26H26N4O4. The Labute approximate surface area is 197 Å². The molecule has 1 N–H and O–H groups in total. The van der Waals surface area contributed by atoms with Crippen molar-refractivity contribution >= 4 is 6.16 Å². The fourth-order valence-corrected chi connectivity index (χ4v) is 3.62. The topological polar surface area (TPSA) is 99.4 Å². The molecule has 2 aromatic carbocycles. The lowest BCUT2D eigenvalue weighted by atomic mass is 10.0. The van der Waals surface area contributed by atoms with E-state index in [4.69, 9.17) is 14.6 Å². The van der Waals surface area contributed by atoms with E-state index in [0.717, 1.165) is 60.4 Å². The van der Waals surface area contributed by atoms with Crippen LogP contribution in [-0.4, -0.2) is 37.8 Å². The number of para-hydroxylation sites is 1. The van der Waals surface area contributed by atoms with Gasteiger partial charge in [-0.05, 0) is 55.2 Å². The Hall–Kier alpha value is -4.20. The number of rotatable bonds is 11. The molecule has 34 heavy (non-hydrogen) atoms. The van der Waals surface area contributed by atoms with Gasteiger partial charge in [-0.3, -0.25) is 9.67 Å².